The molecule has 0 unspecified atom stereocenters. The van der Waals surface area contributed by atoms with Gasteiger partial charge in [-0.3, -0.25) is 0 Å². The van der Waals surface area contributed by atoms with E-state index in [4.69, 9.17) is 9.47 Å². The van der Waals surface area contributed by atoms with Crippen LogP contribution >= 0.6 is 0 Å². The normalized spacial score (nSPS) is 19.0. The molecule has 0 radical (unpaired) electrons. The number of alkyl halides is 1. The first-order chi connectivity index (χ1) is 20.3. The molecule has 0 bridgehead atoms. The molecule has 2 heterocycles. The molecule has 2 aliphatic rings. The fourth-order valence-electron chi connectivity index (χ4n) is 5.28. The average Bonchev–Trinajstić information content (AvgIpc) is 3.70. The molecule has 0 spiro atoms. The number of hydrogen-bond acceptors (Lipinski definition) is 7. The lowest BCUT2D eigenvalue weighted by molar-refractivity contribution is 0.0125. The van der Waals surface area contributed by atoms with Gasteiger partial charge in [-0.1, -0.05) is 12.0 Å². The quantitative estimate of drug-likeness (QED) is 0.335. The third kappa shape index (κ3) is 7.19. The molecule has 11 heteroatoms. The zero-order valence-electron chi connectivity index (χ0n) is 25.2. The van der Waals surface area contributed by atoms with Crippen LogP contribution in [0.3, 0.4) is 0 Å². The summed E-state index contributed by atoms with van der Waals surface area (Å²) in [5.74, 6) is 6.91. The number of carbonyl (C=O) groups is 1. The monoisotopic (exact) mass is 610 g/mol. The first-order valence-electron chi connectivity index (χ1n) is 14.5. The first kappa shape index (κ1) is 30.5. The van der Waals surface area contributed by atoms with Crippen LogP contribution in [0.4, 0.5) is 20.6 Å². The highest BCUT2D eigenvalue weighted by Gasteiger charge is 2.34. The highest BCUT2D eigenvalue weighted by molar-refractivity contribution is 7.90. The number of nitrogens with one attached hydrogen (secondary N) is 2. The summed E-state index contributed by atoms with van der Waals surface area (Å²) < 4.78 is 52.1. The molecule has 43 heavy (non-hydrogen) atoms. The zero-order chi connectivity index (χ0) is 30.9. The Hall–Kier alpha value is -3.91. The van der Waals surface area contributed by atoms with E-state index >= 15 is 4.39 Å². The van der Waals surface area contributed by atoms with Gasteiger partial charge >= 0.3 is 6.09 Å². The summed E-state index contributed by atoms with van der Waals surface area (Å²) in [5.41, 5.74) is 2.79. The molecule has 1 aliphatic heterocycles. The van der Waals surface area contributed by atoms with E-state index in [0.717, 1.165) is 41.4 Å². The molecule has 2 fully saturated rings. The fraction of sp³-hybridized carbons (Fsp3) is 0.469. The van der Waals surface area contributed by atoms with Crippen molar-refractivity contribution in [2.45, 2.75) is 68.8 Å². The van der Waals surface area contributed by atoms with Gasteiger partial charge in [-0.2, -0.15) is 0 Å². The molecule has 5 rings (SSSR count). The lowest BCUT2D eigenvalue weighted by Gasteiger charge is -2.36. The second-order valence-corrected chi connectivity index (χ2v) is 14.2. The Morgan fingerprint density at radius 1 is 1.12 bits per heavy atom. The van der Waals surface area contributed by atoms with E-state index in [1.807, 2.05) is 18.2 Å². The lowest BCUT2D eigenvalue weighted by Crippen LogP contribution is -2.51. The van der Waals surface area contributed by atoms with E-state index in [-0.39, 0.29) is 11.4 Å². The molecule has 1 aromatic heterocycles. The second-order valence-electron chi connectivity index (χ2n) is 12.1. The molecule has 1 amide bonds. The lowest BCUT2D eigenvalue weighted by atomic mass is 10.0. The smallest absolute Gasteiger partial charge is 0.410 e. The van der Waals surface area contributed by atoms with Gasteiger partial charge in [0.05, 0.1) is 48.0 Å². The molecule has 1 saturated carbocycles. The zero-order valence-corrected chi connectivity index (χ0v) is 26.1. The van der Waals surface area contributed by atoms with Gasteiger partial charge in [0.2, 0.25) is 0 Å². The van der Waals surface area contributed by atoms with Crippen molar-refractivity contribution in [3.8, 4) is 17.6 Å². The maximum Gasteiger partial charge on any atom is 0.410 e. The van der Waals surface area contributed by atoms with Crippen molar-refractivity contribution < 1.29 is 27.1 Å². The van der Waals surface area contributed by atoms with Gasteiger partial charge in [0.25, 0.3) is 0 Å². The minimum atomic E-state index is -3.35. The topological polar surface area (TPSA) is 102 Å². The summed E-state index contributed by atoms with van der Waals surface area (Å²) in [7, 11) is -1.85. The third-order valence-corrected chi connectivity index (χ3v) is 8.62. The number of amides is 1. The average molecular weight is 611 g/mol. The minimum Gasteiger partial charge on any atom is -0.495 e. The van der Waals surface area contributed by atoms with Gasteiger partial charge in [-0.25, -0.2) is 17.6 Å². The van der Waals surface area contributed by atoms with E-state index < -0.39 is 33.7 Å². The SMILES string of the molecule is COc1cc(S(C)(=O)=O)ccc1NCC#Cc1cc2c(N[C@H]3CCN(C(=O)OC(C)(C)C)C[C@H]3F)cccc2n1C1CC1. The van der Waals surface area contributed by atoms with Gasteiger partial charge in [0.15, 0.2) is 9.84 Å². The Kier molecular flexibility index (Phi) is 8.52. The number of carbonyl (C=O) groups excluding carboxylic acids is 1. The van der Waals surface area contributed by atoms with Crippen molar-refractivity contribution in [2.75, 3.05) is 43.6 Å². The summed E-state index contributed by atoms with van der Waals surface area (Å²) >= 11 is 0. The molecule has 9 nitrogen and oxygen atoms in total. The number of aromatic nitrogens is 1. The Morgan fingerprint density at radius 3 is 2.53 bits per heavy atom. The maximum absolute atomic E-state index is 15.3. The minimum absolute atomic E-state index is 0.0167. The molecule has 3 aromatic rings. The summed E-state index contributed by atoms with van der Waals surface area (Å²) in [4.78, 5) is 14.1. The number of halogens is 1. The van der Waals surface area contributed by atoms with Gasteiger partial charge in [-0.05, 0) is 76.3 Å². The fourth-order valence-corrected chi connectivity index (χ4v) is 5.92. The van der Waals surface area contributed by atoms with Gasteiger partial charge in [0.1, 0.15) is 17.5 Å². The van der Waals surface area contributed by atoms with Gasteiger partial charge < -0.3 is 29.6 Å². The van der Waals surface area contributed by atoms with Crippen molar-refractivity contribution in [1.29, 1.82) is 0 Å². The highest BCUT2D eigenvalue weighted by Crippen LogP contribution is 2.41. The number of hydrogen-bond donors (Lipinski definition) is 2. The number of nitrogens with zero attached hydrogens (tertiary/aromatic N) is 2. The van der Waals surface area contributed by atoms with E-state index in [9.17, 15) is 13.2 Å². The van der Waals surface area contributed by atoms with Crippen molar-refractivity contribution in [3.63, 3.8) is 0 Å². The number of anilines is 2. The number of ether oxygens (including phenoxy) is 2. The Morgan fingerprint density at radius 2 is 1.88 bits per heavy atom. The number of sulfone groups is 1. The van der Waals surface area contributed by atoms with Crippen LogP contribution in [0, 0.1) is 11.8 Å². The number of benzene rings is 2. The first-order valence-corrected chi connectivity index (χ1v) is 16.4. The summed E-state index contributed by atoms with van der Waals surface area (Å²) in [6.07, 6.45) is 2.05. The van der Waals surface area contributed by atoms with E-state index in [1.165, 1.54) is 24.1 Å². The van der Waals surface area contributed by atoms with Gasteiger partial charge in [0, 0.05) is 36.0 Å². The van der Waals surface area contributed by atoms with Crippen LogP contribution in [0.5, 0.6) is 5.75 Å². The number of rotatable bonds is 7. The molecule has 1 aliphatic carbocycles. The Labute approximate surface area is 252 Å². The van der Waals surface area contributed by atoms with Crippen molar-refractivity contribution in [2.24, 2.45) is 0 Å². The molecule has 2 aromatic carbocycles. The molecular weight excluding hydrogens is 571 g/mol. The third-order valence-electron chi connectivity index (χ3n) is 7.51. The largest absolute Gasteiger partial charge is 0.495 e. The van der Waals surface area contributed by atoms with Crippen LogP contribution in [0.15, 0.2) is 47.4 Å². The van der Waals surface area contributed by atoms with Crippen LogP contribution in [0.25, 0.3) is 10.9 Å². The number of piperidine rings is 1. The van der Waals surface area contributed by atoms with Crippen molar-refractivity contribution in [1.82, 2.24) is 9.47 Å². The van der Waals surface area contributed by atoms with Gasteiger partial charge in [-0.15, -0.1) is 0 Å². The molecular formula is C32H39FN4O5S. The Bertz CT molecular complexity index is 1680. The maximum atomic E-state index is 15.3. The number of likely N-dealkylation sites (tertiary alicyclic amines) is 1. The van der Waals surface area contributed by atoms with Crippen LogP contribution in [-0.4, -0.2) is 74.8 Å². The molecule has 2 atom stereocenters. The Balaban J connectivity index is 1.31. The summed E-state index contributed by atoms with van der Waals surface area (Å²) in [5, 5.41) is 7.60. The van der Waals surface area contributed by atoms with Crippen LogP contribution in [0.2, 0.25) is 0 Å². The molecule has 2 N–H and O–H groups in total. The summed E-state index contributed by atoms with van der Waals surface area (Å²) in [6, 6.07) is 12.7. The van der Waals surface area contributed by atoms with E-state index in [1.54, 1.807) is 26.8 Å². The van der Waals surface area contributed by atoms with Crippen LogP contribution in [0.1, 0.15) is 51.8 Å². The second kappa shape index (κ2) is 12.0. The molecule has 230 valence electrons. The highest BCUT2D eigenvalue weighted by atomic mass is 32.2. The summed E-state index contributed by atoms with van der Waals surface area (Å²) in [6.45, 7) is 6.12. The number of fused-ring (bicyclic) bond motifs is 1. The van der Waals surface area contributed by atoms with Crippen molar-refractivity contribution in [3.05, 3.63) is 48.2 Å². The van der Waals surface area contributed by atoms with Crippen molar-refractivity contribution >= 4 is 38.2 Å². The van der Waals surface area contributed by atoms with E-state index in [0.29, 0.717) is 37.0 Å². The predicted octanol–water partition coefficient (Wildman–Crippen LogP) is 5.61. The van der Waals surface area contributed by atoms with Crippen LogP contribution < -0.4 is 15.4 Å². The van der Waals surface area contributed by atoms with E-state index in [2.05, 4.69) is 33.1 Å². The van der Waals surface area contributed by atoms with Crippen LogP contribution in [-0.2, 0) is 14.6 Å². The molecule has 1 saturated heterocycles. The predicted molar refractivity (Wildman–Crippen MR) is 166 cm³/mol. The number of methoxy groups -OCH3 is 1. The standard InChI is InChI=1S/C32H39FN4O5S/c1-32(2,3)42-31(38)36-17-15-27(25(33)20-36)35-26-9-6-10-29-24(26)18-22(37(29)21-11-12-21)8-7-16-34-28-14-13-23(43(5,39)40)19-30(28)41-4/h6,9-10,13-14,18-19,21,25,27,34-35H,11-12,15-17,20H2,1-5H3/t25-,27+/m1/s1.